The highest BCUT2D eigenvalue weighted by Crippen LogP contribution is 2.14. The number of primary amides is 1. The second-order valence-electron chi connectivity index (χ2n) is 6.92. The van der Waals surface area contributed by atoms with Crippen LogP contribution in [0.5, 0.6) is 0 Å². The smallest absolute Gasteiger partial charge is 0.224 e. The predicted octanol–water partition coefficient (Wildman–Crippen LogP) is 3.94. The summed E-state index contributed by atoms with van der Waals surface area (Å²) in [5, 5.41) is 0. The van der Waals surface area contributed by atoms with Crippen molar-refractivity contribution in [2.75, 3.05) is 11.5 Å². The van der Waals surface area contributed by atoms with E-state index < -0.39 is 11.9 Å². The molecule has 1 unspecified atom stereocenters. The molecule has 1 amide bonds. The van der Waals surface area contributed by atoms with Gasteiger partial charge in [0.1, 0.15) is 6.04 Å². The Hall–Kier alpha value is -1.82. The number of thioether (sulfide) groups is 1. The number of nitrogens with zero attached hydrogens (tertiary/aromatic N) is 1. The summed E-state index contributed by atoms with van der Waals surface area (Å²) < 4.78 is 0. The normalized spacial score (nSPS) is 13.6. The van der Waals surface area contributed by atoms with Crippen molar-refractivity contribution >= 4 is 29.8 Å². The number of aliphatic imine (C=N–C) groups is 1. The summed E-state index contributed by atoms with van der Waals surface area (Å²) in [7, 11) is 0. The molecule has 4 N–H and O–H groups in total. The van der Waals surface area contributed by atoms with E-state index in [9.17, 15) is 9.59 Å². The van der Waals surface area contributed by atoms with Gasteiger partial charge in [-0.15, -0.1) is 0 Å². The van der Waals surface area contributed by atoms with E-state index in [0.717, 1.165) is 37.8 Å². The zero-order valence-corrected chi connectivity index (χ0v) is 18.0. The molecule has 0 aromatic rings. The van der Waals surface area contributed by atoms with Crippen LogP contribution in [0.15, 0.2) is 39.9 Å². The van der Waals surface area contributed by atoms with Crippen molar-refractivity contribution in [1.29, 1.82) is 0 Å². The summed E-state index contributed by atoms with van der Waals surface area (Å²) in [6.07, 6.45) is 11.9. The predicted molar refractivity (Wildman–Crippen MR) is 118 cm³/mol. The minimum absolute atomic E-state index is 0.286. The number of amides is 1. The molecule has 6 heteroatoms. The summed E-state index contributed by atoms with van der Waals surface area (Å²) in [5.41, 5.74) is 14.5. The third-order valence-electron chi connectivity index (χ3n) is 3.93. The Bertz CT molecular complexity index is 588. The summed E-state index contributed by atoms with van der Waals surface area (Å²) in [6, 6.07) is -0.604. The average Bonchev–Trinajstić information content (AvgIpc) is 2.56. The summed E-state index contributed by atoms with van der Waals surface area (Å²) in [6.45, 7) is 8.57. The quantitative estimate of drug-likeness (QED) is 0.153. The number of ketones is 1. The fraction of sp³-hybridized carbons (Fsp3) is 0.571. The van der Waals surface area contributed by atoms with Crippen LogP contribution in [0.3, 0.4) is 0 Å². The molecule has 0 saturated carbocycles. The number of hydrogen-bond donors (Lipinski definition) is 2. The van der Waals surface area contributed by atoms with Gasteiger partial charge in [-0.2, -0.15) is 11.8 Å². The number of Topliss-reactive ketones (excluding diaryl/α,β-unsaturated/α-hetero) is 1. The molecule has 0 rings (SSSR count). The van der Waals surface area contributed by atoms with E-state index >= 15 is 0 Å². The molecule has 152 valence electrons. The van der Waals surface area contributed by atoms with Crippen molar-refractivity contribution in [1.82, 2.24) is 0 Å². The van der Waals surface area contributed by atoms with E-state index in [2.05, 4.69) is 50.9 Å². The van der Waals surface area contributed by atoms with Crippen LogP contribution in [-0.2, 0) is 9.59 Å². The van der Waals surface area contributed by atoms with Crippen molar-refractivity contribution in [3.05, 3.63) is 34.9 Å². The van der Waals surface area contributed by atoms with Gasteiger partial charge in [0, 0.05) is 11.5 Å². The first kappa shape index (κ1) is 25.2. The molecule has 0 fully saturated rings. The van der Waals surface area contributed by atoms with E-state index in [-0.39, 0.29) is 12.2 Å². The number of carbonyl (C=O) groups excluding carboxylic acids is 2. The average molecular weight is 394 g/mol. The Morgan fingerprint density at radius 3 is 2.15 bits per heavy atom. The number of nitrogens with two attached hydrogens (primary N) is 2. The van der Waals surface area contributed by atoms with Gasteiger partial charge in [-0.05, 0) is 53.4 Å². The maximum Gasteiger partial charge on any atom is 0.224 e. The van der Waals surface area contributed by atoms with Gasteiger partial charge in [0.2, 0.25) is 5.91 Å². The van der Waals surface area contributed by atoms with Gasteiger partial charge in [-0.25, -0.2) is 0 Å². The van der Waals surface area contributed by atoms with Crippen molar-refractivity contribution in [2.45, 2.75) is 65.8 Å². The molecule has 0 aromatic heterocycles. The van der Waals surface area contributed by atoms with Gasteiger partial charge in [-0.1, -0.05) is 34.9 Å². The molecule has 1 atom stereocenters. The molecule has 5 nitrogen and oxygen atoms in total. The highest BCUT2D eigenvalue weighted by molar-refractivity contribution is 7.99. The van der Waals surface area contributed by atoms with Gasteiger partial charge in [0.15, 0.2) is 5.78 Å². The summed E-state index contributed by atoms with van der Waals surface area (Å²) in [5.74, 6) is 0.371. The van der Waals surface area contributed by atoms with E-state index in [4.69, 9.17) is 11.5 Å². The maximum atomic E-state index is 11.9. The van der Waals surface area contributed by atoms with Crippen LogP contribution in [0.2, 0.25) is 0 Å². The van der Waals surface area contributed by atoms with Crippen molar-refractivity contribution < 1.29 is 9.59 Å². The monoisotopic (exact) mass is 393 g/mol. The van der Waals surface area contributed by atoms with E-state index in [1.165, 1.54) is 16.7 Å². The molecule has 0 aromatic carbocycles. The molecule has 0 aliphatic heterocycles. The topological polar surface area (TPSA) is 98.5 Å². The Labute approximate surface area is 168 Å². The van der Waals surface area contributed by atoms with Gasteiger partial charge in [-0.3, -0.25) is 14.6 Å². The molecule has 0 saturated heterocycles. The Kier molecular flexibility index (Phi) is 14.2. The molecule has 0 aliphatic rings. The largest absolute Gasteiger partial charge is 0.390 e. The first-order valence-corrected chi connectivity index (χ1v) is 10.5. The van der Waals surface area contributed by atoms with Crippen molar-refractivity contribution in [3.8, 4) is 0 Å². The van der Waals surface area contributed by atoms with Gasteiger partial charge < -0.3 is 11.5 Å². The second kappa shape index (κ2) is 15.3. The molecular weight excluding hydrogens is 358 g/mol. The fourth-order valence-corrected chi connectivity index (χ4v) is 3.37. The number of carbonyl (C=O) groups is 2. The minimum atomic E-state index is -0.637. The van der Waals surface area contributed by atoms with Gasteiger partial charge >= 0.3 is 0 Å². The zero-order chi connectivity index (χ0) is 20.7. The van der Waals surface area contributed by atoms with Crippen LogP contribution in [0, 0.1) is 0 Å². The van der Waals surface area contributed by atoms with Crippen molar-refractivity contribution in [3.63, 3.8) is 0 Å². The summed E-state index contributed by atoms with van der Waals surface area (Å²) >= 11 is 1.60. The molecule has 0 spiro atoms. The van der Waals surface area contributed by atoms with Gasteiger partial charge in [0.05, 0.1) is 12.8 Å². The Morgan fingerprint density at radius 2 is 1.59 bits per heavy atom. The van der Waals surface area contributed by atoms with Crippen LogP contribution in [0.1, 0.15) is 59.8 Å². The first-order chi connectivity index (χ1) is 12.8. The fourth-order valence-electron chi connectivity index (χ4n) is 2.33. The third kappa shape index (κ3) is 15.0. The zero-order valence-electron chi connectivity index (χ0n) is 17.2. The molecule has 27 heavy (non-hydrogen) atoms. The first-order valence-electron chi connectivity index (χ1n) is 9.33. The SMILES string of the molecule is CC(C)=CCC/C(C)=C/CC/C(C)=C/CSCC(N=CN)C(=O)CC(N)=O. The standard InChI is InChI=1S/C21H35N3O2S/c1-16(2)7-5-8-17(3)9-6-10-18(4)11-12-27-14-19(24-15-22)20(25)13-21(23)26/h7,9,11,15,19H,5-6,8,10,12-14H2,1-4H3,(H2,22,24)(H2,23,26)/b17-9+,18-11+. The lowest BCUT2D eigenvalue weighted by molar-refractivity contribution is -0.126. The lowest BCUT2D eigenvalue weighted by Crippen LogP contribution is -2.27. The highest BCUT2D eigenvalue weighted by atomic mass is 32.2. The van der Waals surface area contributed by atoms with Crippen LogP contribution in [0.25, 0.3) is 0 Å². The van der Waals surface area contributed by atoms with Crippen LogP contribution in [0.4, 0.5) is 0 Å². The van der Waals surface area contributed by atoms with Crippen LogP contribution >= 0.6 is 11.8 Å². The van der Waals surface area contributed by atoms with E-state index in [1.807, 2.05) is 0 Å². The van der Waals surface area contributed by atoms with E-state index in [1.54, 1.807) is 11.8 Å². The van der Waals surface area contributed by atoms with Gasteiger partial charge in [0.25, 0.3) is 0 Å². The van der Waals surface area contributed by atoms with Crippen LogP contribution in [-0.4, -0.2) is 35.6 Å². The Balaban J connectivity index is 4.21. The van der Waals surface area contributed by atoms with Crippen molar-refractivity contribution in [2.24, 2.45) is 16.5 Å². The number of hydrogen-bond acceptors (Lipinski definition) is 4. The minimum Gasteiger partial charge on any atom is -0.390 e. The molecule has 0 aliphatic carbocycles. The second-order valence-corrected chi connectivity index (χ2v) is 8.00. The third-order valence-corrected chi connectivity index (χ3v) is 4.89. The Morgan fingerprint density at radius 1 is 1.00 bits per heavy atom. The maximum absolute atomic E-state index is 11.9. The number of allylic oxidation sites excluding steroid dienone is 5. The molecular formula is C21H35N3O2S. The molecule has 0 bridgehead atoms. The molecule has 0 heterocycles. The number of rotatable bonds is 14. The molecule has 0 radical (unpaired) electrons. The van der Waals surface area contributed by atoms with E-state index in [0.29, 0.717) is 5.75 Å². The summed E-state index contributed by atoms with van der Waals surface area (Å²) in [4.78, 5) is 26.7. The lowest BCUT2D eigenvalue weighted by Gasteiger charge is -2.09. The lowest BCUT2D eigenvalue weighted by atomic mass is 10.1. The highest BCUT2D eigenvalue weighted by Gasteiger charge is 2.18. The van der Waals surface area contributed by atoms with Crippen LogP contribution < -0.4 is 11.5 Å².